The number of hydrogen-bond donors (Lipinski definition) is 1. The maximum Gasteiger partial charge on any atom is 0.255 e. The number of carbonyl (C=O) groups excluding carboxylic acids is 1. The zero-order valence-electron chi connectivity index (χ0n) is 18.9. The average Bonchev–Trinajstić information content (AvgIpc) is 3.08. The van der Waals surface area contributed by atoms with Gasteiger partial charge in [-0.25, -0.2) is 4.39 Å². The van der Waals surface area contributed by atoms with Crippen molar-refractivity contribution in [1.82, 2.24) is 9.78 Å². The van der Waals surface area contributed by atoms with Crippen LogP contribution in [0.1, 0.15) is 32.9 Å². The monoisotopic (exact) mass is 575 g/mol. The van der Waals surface area contributed by atoms with Crippen molar-refractivity contribution in [3.05, 3.63) is 109 Å². The van der Waals surface area contributed by atoms with E-state index in [0.29, 0.717) is 45.9 Å². The summed E-state index contributed by atoms with van der Waals surface area (Å²) in [7, 11) is 0. The summed E-state index contributed by atoms with van der Waals surface area (Å²) in [5.74, 6) is -0.0599. The van der Waals surface area contributed by atoms with E-state index in [1.54, 1.807) is 35.0 Å². The molecule has 0 bridgehead atoms. The number of ether oxygens (including phenoxy) is 1. The Morgan fingerprint density at radius 1 is 1.06 bits per heavy atom. The van der Waals surface area contributed by atoms with Crippen molar-refractivity contribution in [3.63, 3.8) is 0 Å². The van der Waals surface area contributed by atoms with Gasteiger partial charge in [0.05, 0.1) is 28.6 Å². The second kappa shape index (κ2) is 10.8. The number of hydrogen-bond acceptors (Lipinski definition) is 3. The molecule has 0 radical (unpaired) electrons. The average molecular weight is 577 g/mol. The summed E-state index contributed by atoms with van der Waals surface area (Å²) in [5.41, 5.74) is 4.21. The molecule has 0 aliphatic rings. The Morgan fingerprint density at radius 2 is 1.80 bits per heavy atom. The Morgan fingerprint density at radius 3 is 2.49 bits per heavy atom. The standard InChI is InChI=1S/C26H21BrCl2FN3O2/c1-15-25(16(2)33(32-15)13-19-7-9-21(30)12-22(19)28)31-26(34)18-5-3-17(4-6-18)14-35-24-10-8-20(27)11-23(24)29/h3-12H,13-14H2,1-2H3,(H,31,34). The lowest BCUT2D eigenvalue weighted by atomic mass is 10.1. The molecular formula is C26H21BrCl2FN3O2. The van der Waals surface area contributed by atoms with Crippen LogP contribution >= 0.6 is 39.1 Å². The van der Waals surface area contributed by atoms with Gasteiger partial charge in [-0.15, -0.1) is 0 Å². The molecule has 180 valence electrons. The summed E-state index contributed by atoms with van der Waals surface area (Å²) in [4.78, 5) is 12.9. The molecule has 4 aromatic rings. The van der Waals surface area contributed by atoms with Gasteiger partial charge in [-0.05, 0) is 67.4 Å². The Kier molecular flexibility index (Phi) is 7.79. The van der Waals surface area contributed by atoms with Gasteiger partial charge in [-0.3, -0.25) is 9.48 Å². The smallest absolute Gasteiger partial charge is 0.255 e. The number of nitrogens with one attached hydrogen (secondary N) is 1. The quantitative estimate of drug-likeness (QED) is 0.246. The van der Waals surface area contributed by atoms with E-state index in [0.717, 1.165) is 21.3 Å². The number of benzene rings is 3. The number of carbonyl (C=O) groups is 1. The number of aromatic nitrogens is 2. The molecule has 5 nitrogen and oxygen atoms in total. The van der Waals surface area contributed by atoms with E-state index in [-0.39, 0.29) is 5.91 Å². The van der Waals surface area contributed by atoms with E-state index in [1.165, 1.54) is 12.1 Å². The third kappa shape index (κ3) is 6.04. The molecule has 0 aliphatic heterocycles. The molecule has 0 atom stereocenters. The maximum absolute atomic E-state index is 13.3. The molecule has 0 saturated carbocycles. The predicted molar refractivity (Wildman–Crippen MR) is 140 cm³/mol. The van der Waals surface area contributed by atoms with Crippen LogP contribution in [0.4, 0.5) is 10.1 Å². The number of halogens is 4. The van der Waals surface area contributed by atoms with Crippen molar-refractivity contribution in [2.45, 2.75) is 27.0 Å². The van der Waals surface area contributed by atoms with E-state index in [2.05, 4.69) is 26.3 Å². The number of aryl methyl sites for hydroxylation is 1. The van der Waals surface area contributed by atoms with E-state index < -0.39 is 5.82 Å². The van der Waals surface area contributed by atoms with Gasteiger partial charge < -0.3 is 10.1 Å². The third-order valence-electron chi connectivity index (χ3n) is 5.46. The molecule has 9 heteroatoms. The molecule has 0 aliphatic carbocycles. The second-order valence-electron chi connectivity index (χ2n) is 7.95. The highest BCUT2D eigenvalue weighted by atomic mass is 79.9. The molecule has 0 saturated heterocycles. The molecule has 1 heterocycles. The van der Waals surface area contributed by atoms with E-state index in [4.69, 9.17) is 27.9 Å². The van der Waals surface area contributed by atoms with Crippen LogP contribution in [0.15, 0.2) is 65.1 Å². The molecule has 4 rings (SSSR count). The van der Waals surface area contributed by atoms with Gasteiger partial charge in [-0.2, -0.15) is 5.10 Å². The fraction of sp³-hybridized carbons (Fsp3) is 0.154. The van der Waals surface area contributed by atoms with E-state index >= 15 is 0 Å². The minimum Gasteiger partial charge on any atom is -0.487 e. The first-order chi connectivity index (χ1) is 16.7. The molecule has 0 fully saturated rings. The third-order valence-corrected chi connectivity index (χ3v) is 6.60. The van der Waals surface area contributed by atoms with Crippen LogP contribution in [0.25, 0.3) is 0 Å². The van der Waals surface area contributed by atoms with Crippen molar-refractivity contribution in [2.75, 3.05) is 5.32 Å². The van der Waals surface area contributed by atoms with E-state index in [1.807, 2.05) is 32.0 Å². The van der Waals surface area contributed by atoms with Gasteiger partial charge in [0.15, 0.2) is 0 Å². The van der Waals surface area contributed by atoms with Crippen LogP contribution in [0.5, 0.6) is 5.75 Å². The summed E-state index contributed by atoms with van der Waals surface area (Å²) >= 11 is 15.7. The number of rotatable bonds is 7. The van der Waals surface area contributed by atoms with Crippen molar-refractivity contribution < 1.29 is 13.9 Å². The van der Waals surface area contributed by atoms with Crippen molar-refractivity contribution in [3.8, 4) is 5.75 Å². The van der Waals surface area contributed by atoms with Gasteiger partial charge >= 0.3 is 0 Å². The molecule has 3 aromatic carbocycles. The fourth-order valence-corrected chi connectivity index (χ4v) is 4.49. The molecule has 1 amide bonds. The predicted octanol–water partition coefficient (Wildman–Crippen LogP) is 7.59. The van der Waals surface area contributed by atoms with Crippen LogP contribution in [0.3, 0.4) is 0 Å². The zero-order valence-corrected chi connectivity index (χ0v) is 22.0. The van der Waals surface area contributed by atoms with Crippen molar-refractivity contribution >= 4 is 50.7 Å². The Labute approximate surface area is 220 Å². The Hall–Kier alpha value is -2.87. The lowest BCUT2D eigenvalue weighted by molar-refractivity contribution is 0.102. The van der Waals surface area contributed by atoms with Gasteiger partial charge in [0, 0.05) is 15.1 Å². The minimum atomic E-state index is -0.394. The molecule has 0 spiro atoms. The first-order valence-corrected chi connectivity index (χ1v) is 12.2. The molecule has 35 heavy (non-hydrogen) atoms. The van der Waals surface area contributed by atoms with Gasteiger partial charge in [0.25, 0.3) is 5.91 Å². The number of anilines is 1. The minimum absolute atomic E-state index is 0.251. The highest BCUT2D eigenvalue weighted by molar-refractivity contribution is 9.10. The van der Waals surface area contributed by atoms with Crippen LogP contribution in [-0.4, -0.2) is 15.7 Å². The SMILES string of the molecule is Cc1nn(Cc2ccc(F)cc2Cl)c(C)c1NC(=O)c1ccc(COc2ccc(Br)cc2Cl)cc1. The van der Waals surface area contributed by atoms with Crippen molar-refractivity contribution in [2.24, 2.45) is 0 Å². The first-order valence-electron chi connectivity index (χ1n) is 10.7. The highest BCUT2D eigenvalue weighted by Crippen LogP contribution is 2.28. The summed E-state index contributed by atoms with van der Waals surface area (Å²) in [6.45, 7) is 4.36. The fourth-order valence-electron chi connectivity index (χ4n) is 3.53. The molecule has 1 aromatic heterocycles. The van der Waals surface area contributed by atoms with E-state index in [9.17, 15) is 9.18 Å². The van der Waals surface area contributed by atoms with Crippen LogP contribution in [0, 0.1) is 19.7 Å². The van der Waals surface area contributed by atoms with Gasteiger partial charge in [0.1, 0.15) is 18.2 Å². The first kappa shape index (κ1) is 25.2. The normalized spacial score (nSPS) is 10.9. The van der Waals surface area contributed by atoms with Crippen LogP contribution in [0.2, 0.25) is 10.0 Å². The lowest BCUT2D eigenvalue weighted by Crippen LogP contribution is -2.13. The maximum atomic E-state index is 13.3. The number of amides is 1. The van der Waals surface area contributed by atoms with Crippen LogP contribution < -0.4 is 10.1 Å². The summed E-state index contributed by atoms with van der Waals surface area (Å²) in [6, 6.07) is 16.8. The molecular weight excluding hydrogens is 556 g/mol. The zero-order chi connectivity index (χ0) is 25.1. The summed E-state index contributed by atoms with van der Waals surface area (Å²) in [5, 5.41) is 8.31. The Bertz CT molecular complexity index is 1390. The van der Waals surface area contributed by atoms with Crippen molar-refractivity contribution in [1.29, 1.82) is 0 Å². The lowest BCUT2D eigenvalue weighted by Gasteiger charge is -2.10. The topological polar surface area (TPSA) is 56.2 Å². The van der Waals surface area contributed by atoms with Gasteiger partial charge in [-0.1, -0.05) is 57.3 Å². The molecule has 1 N–H and O–H groups in total. The van der Waals surface area contributed by atoms with Gasteiger partial charge in [0.2, 0.25) is 0 Å². The number of nitrogens with zero attached hydrogens (tertiary/aromatic N) is 2. The second-order valence-corrected chi connectivity index (χ2v) is 9.68. The summed E-state index contributed by atoms with van der Waals surface area (Å²) in [6.07, 6.45) is 0. The summed E-state index contributed by atoms with van der Waals surface area (Å²) < 4.78 is 21.7. The highest BCUT2D eigenvalue weighted by Gasteiger charge is 2.16. The largest absolute Gasteiger partial charge is 0.487 e. The molecule has 0 unspecified atom stereocenters. The van der Waals surface area contributed by atoms with Crippen LogP contribution in [-0.2, 0) is 13.2 Å². The Balaban J connectivity index is 1.42.